The summed E-state index contributed by atoms with van der Waals surface area (Å²) in [5, 5.41) is 4.04. The van der Waals surface area contributed by atoms with Crippen LogP contribution in [0.4, 0.5) is 4.39 Å². The van der Waals surface area contributed by atoms with Gasteiger partial charge in [0.05, 0.1) is 19.3 Å². The average Bonchev–Trinajstić information content (AvgIpc) is 2.75. The van der Waals surface area contributed by atoms with E-state index in [1.165, 1.54) is 13.2 Å². The van der Waals surface area contributed by atoms with Crippen LogP contribution in [-0.2, 0) is 7.05 Å². The Morgan fingerprint density at radius 3 is 2.71 bits per heavy atom. The first-order chi connectivity index (χ1) is 8.11. The van der Waals surface area contributed by atoms with Crippen LogP contribution in [0, 0.1) is 5.82 Å². The van der Waals surface area contributed by atoms with Crippen molar-refractivity contribution in [2.24, 2.45) is 12.8 Å². The molecule has 0 fully saturated rings. The third kappa shape index (κ3) is 2.29. The summed E-state index contributed by atoms with van der Waals surface area (Å²) in [6.45, 7) is 0. The van der Waals surface area contributed by atoms with Crippen molar-refractivity contribution in [3.05, 3.63) is 47.5 Å². The van der Waals surface area contributed by atoms with E-state index >= 15 is 0 Å². The first-order valence-electron chi connectivity index (χ1n) is 5.19. The molecule has 0 spiro atoms. The quantitative estimate of drug-likeness (QED) is 0.879. The summed E-state index contributed by atoms with van der Waals surface area (Å²) in [5.41, 5.74) is 7.56. The number of benzene rings is 1. The summed E-state index contributed by atoms with van der Waals surface area (Å²) in [7, 11) is 3.24. The Kier molecular flexibility index (Phi) is 3.10. The summed E-state index contributed by atoms with van der Waals surface area (Å²) >= 11 is 0. The van der Waals surface area contributed by atoms with Crippen LogP contribution in [0.5, 0.6) is 5.75 Å². The maximum absolute atomic E-state index is 13.5. The van der Waals surface area contributed by atoms with Gasteiger partial charge in [0.1, 0.15) is 0 Å². The van der Waals surface area contributed by atoms with Crippen LogP contribution in [0.1, 0.15) is 17.2 Å². The molecule has 0 bridgehead atoms. The highest BCUT2D eigenvalue weighted by Crippen LogP contribution is 2.24. The first kappa shape index (κ1) is 11.6. The van der Waals surface area contributed by atoms with Crippen LogP contribution < -0.4 is 10.5 Å². The second-order valence-electron chi connectivity index (χ2n) is 3.82. The number of methoxy groups -OCH3 is 1. The fourth-order valence-electron chi connectivity index (χ4n) is 1.67. The molecule has 1 atom stereocenters. The molecule has 2 aromatic rings. The van der Waals surface area contributed by atoms with Crippen molar-refractivity contribution < 1.29 is 9.13 Å². The minimum Gasteiger partial charge on any atom is -0.494 e. The SMILES string of the molecule is COc1ccc(C(N)c2cnn(C)c2)cc1F. The molecule has 1 unspecified atom stereocenters. The Morgan fingerprint density at radius 1 is 1.41 bits per heavy atom. The number of rotatable bonds is 3. The van der Waals surface area contributed by atoms with Crippen LogP contribution in [0.15, 0.2) is 30.6 Å². The number of nitrogens with two attached hydrogens (primary N) is 1. The maximum Gasteiger partial charge on any atom is 0.165 e. The number of aryl methyl sites for hydroxylation is 1. The molecule has 5 heteroatoms. The highest BCUT2D eigenvalue weighted by atomic mass is 19.1. The van der Waals surface area contributed by atoms with Gasteiger partial charge in [-0.3, -0.25) is 4.68 Å². The molecular weight excluding hydrogens is 221 g/mol. The van der Waals surface area contributed by atoms with Gasteiger partial charge >= 0.3 is 0 Å². The molecule has 0 aliphatic carbocycles. The zero-order valence-electron chi connectivity index (χ0n) is 9.72. The van der Waals surface area contributed by atoms with Crippen LogP contribution in [0.2, 0.25) is 0 Å². The van der Waals surface area contributed by atoms with Crippen LogP contribution in [0.3, 0.4) is 0 Å². The smallest absolute Gasteiger partial charge is 0.165 e. The minimum atomic E-state index is -0.413. The van der Waals surface area contributed by atoms with E-state index in [1.807, 2.05) is 13.2 Å². The van der Waals surface area contributed by atoms with Gasteiger partial charge in [0, 0.05) is 18.8 Å². The van der Waals surface area contributed by atoms with Gasteiger partial charge < -0.3 is 10.5 Å². The highest BCUT2D eigenvalue weighted by Gasteiger charge is 2.13. The van der Waals surface area contributed by atoms with Crippen LogP contribution in [-0.4, -0.2) is 16.9 Å². The van der Waals surface area contributed by atoms with Gasteiger partial charge in [-0.05, 0) is 17.7 Å². The van der Waals surface area contributed by atoms with E-state index in [9.17, 15) is 4.39 Å². The molecule has 2 rings (SSSR count). The Balaban J connectivity index is 2.31. The molecule has 0 amide bonds. The maximum atomic E-state index is 13.5. The van der Waals surface area contributed by atoms with E-state index in [0.717, 1.165) is 5.56 Å². The van der Waals surface area contributed by atoms with Gasteiger partial charge in [0.25, 0.3) is 0 Å². The summed E-state index contributed by atoms with van der Waals surface area (Å²) in [4.78, 5) is 0. The largest absolute Gasteiger partial charge is 0.494 e. The van der Waals surface area contributed by atoms with Crippen molar-refractivity contribution in [2.75, 3.05) is 7.11 Å². The molecule has 0 aliphatic heterocycles. The highest BCUT2D eigenvalue weighted by molar-refractivity contribution is 5.34. The number of hydrogen-bond donors (Lipinski definition) is 1. The number of aromatic nitrogens is 2. The lowest BCUT2D eigenvalue weighted by molar-refractivity contribution is 0.386. The second-order valence-corrected chi connectivity index (χ2v) is 3.82. The van der Waals surface area contributed by atoms with Crippen molar-refractivity contribution in [3.63, 3.8) is 0 Å². The predicted molar refractivity (Wildman–Crippen MR) is 62.2 cm³/mol. The predicted octanol–water partition coefficient (Wildman–Crippen LogP) is 1.62. The van der Waals surface area contributed by atoms with Gasteiger partial charge in [-0.15, -0.1) is 0 Å². The van der Waals surface area contributed by atoms with E-state index in [-0.39, 0.29) is 11.8 Å². The monoisotopic (exact) mass is 235 g/mol. The summed E-state index contributed by atoms with van der Waals surface area (Å²) in [5.74, 6) is -0.198. The first-order valence-corrected chi connectivity index (χ1v) is 5.19. The molecule has 1 aromatic carbocycles. The van der Waals surface area contributed by atoms with Gasteiger partial charge in [0.2, 0.25) is 0 Å². The van der Waals surface area contributed by atoms with E-state index in [1.54, 1.807) is 23.0 Å². The minimum absolute atomic E-state index is 0.215. The fourth-order valence-corrected chi connectivity index (χ4v) is 1.67. The zero-order valence-corrected chi connectivity index (χ0v) is 9.72. The van der Waals surface area contributed by atoms with Gasteiger partial charge in [-0.25, -0.2) is 4.39 Å². The molecule has 0 saturated heterocycles. The van der Waals surface area contributed by atoms with E-state index in [4.69, 9.17) is 10.5 Å². The molecule has 90 valence electrons. The third-order valence-electron chi connectivity index (χ3n) is 2.62. The average molecular weight is 235 g/mol. The van der Waals surface area contributed by atoms with Crippen molar-refractivity contribution in [1.29, 1.82) is 0 Å². The lowest BCUT2D eigenvalue weighted by atomic mass is 10.0. The standard InChI is InChI=1S/C12H14FN3O/c1-16-7-9(6-15-16)12(14)8-3-4-11(17-2)10(13)5-8/h3-7,12H,14H2,1-2H3. The van der Waals surface area contributed by atoms with E-state index in [0.29, 0.717) is 5.56 Å². The molecule has 4 nitrogen and oxygen atoms in total. The molecular formula is C12H14FN3O. The molecule has 2 N–H and O–H groups in total. The Morgan fingerprint density at radius 2 is 2.18 bits per heavy atom. The van der Waals surface area contributed by atoms with Crippen LogP contribution in [0.25, 0.3) is 0 Å². The zero-order chi connectivity index (χ0) is 12.4. The second kappa shape index (κ2) is 4.55. The number of halogens is 1. The molecule has 0 radical (unpaired) electrons. The van der Waals surface area contributed by atoms with Crippen molar-refractivity contribution >= 4 is 0 Å². The molecule has 1 aromatic heterocycles. The van der Waals surface area contributed by atoms with Crippen molar-refractivity contribution in [2.45, 2.75) is 6.04 Å². The number of ether oxygens (including phenoxy) is 1. The number of nitrogens with zero attached hydrogens (tertiary/aromatic N) is 2. The molecule has 17 heavy (non-hydrogen) atoms. The Bertz CT molecular complexity index is 524. The summed E-state index contributed by atoms with van der Waals surface area (Å²) in [6, 6.07) is 4.32. The molecule has 0 saturated carbocycles. The fraction of sp³-hybridized carbons (Fsp3) is 0.250. The molecule has 0 aliphatic rings. The van der Waals surface area contributed by atoms with Gasteiger partial charge in [-0.2, -0.15) is 5.10 Å². The summed E-state index contributed by atoms with van der Waals surface area (Å²) < 4.78 is 20.0. The normalized spacial score (nSPS) is 12.5. The van der Waals surface area contributed by atoms with Gasteiger partial charge in [-0.1, -0.05) is 6.07 Å². The third-order valence-corrected chi connectivity index (χ3v) is 2.62. The Hall–Kier alpha value is -1.88. The van der Waals surface area contributed by atoms with Crippen molar-refractivity contribution in [3.8, 4) is 5.75 Å². The van der Waals surface area contributed by atoms with E-state index in [2.05, 4.69) is 5.10 Å². The van der Waals surface area contributed by atoms with Gasteiger partial charge in [0.15, 0.2) is 11.6 Å². The lowest BCUT2D eigenvalue weighted by Gasteiger charge is -2.11. The lowest BCUT2D eigenvalue weighted by Crippen LogP contribution is -2.11. The topological polar surface area (TPSA) is 53.1 Å². The summed E-state index contributed by atoms with van der Waals surface area (Å²) in [6.07, 6.45) is 3.49. The molecule has 1 heterocycles. The van der Waals surface area contributed by atoms with E-state index < -0.39 is 5.82 Å². The Labute approximate surface area is 98.8 Å². The number of hydrogen-bond acceptors (Lipinski definition) is 3. The van der Waals surface area contributed by atoms with Crippen LogP contribution >= 0.6 is 0 Å². The van der Waals surface area contributed by atoms with Crippen molar-refractivity contribution in [1.82, 2.24) is 9.78 Å².